The zero-order valence-corrected chi connectivity index (χ0v) is 13.2. The first-order chi connectivity index (χ1) is 10.1. The van der Waals surface area contributed by atoms with Crippen LogP contribution in [0, 0.1) is 11.3 Å². The molecule has 0 bridgehead atoms. The van der Waals surface area contributed by atoms with Crippen molar-refractivity contribution in [2.75, 3.05) is 18.9 Å². The molecule has 0 aliphatic rings. The van der Waals surface area contributed by atoms with Crippen LogP contribution < -0.4 is 5.32 Å². The van der Waals surface area contributed by atoms with Crippen molar-refractivity contribution in [3.63, 3.8) is 0 Å². The Balaban J connectivity index is 2.40. The second kappa shape index (κ2) is 9.15. The number of nitriles is 1. The van der Waals surface area contributed by atoms with Crippen LogP contribution in [0.15, 0.2) is 24.3 Å². The van der Waals surface area contributed by atoms with Crippen LogP contribution in [-0.2, 0) is 4.79 Å². The van der Waals surface area contributed by atoms with Crippen LogP contribution in [0.2, 0.25) is 0 Å². The molecule has 0 aliphatic heterocycles. The molecule has 0 aromatic heterocycles. The third-order valence-electron chi connectivity index (χ3n) is 3.80. The Bertz CT molecular complexity index is 489. The molecule has 0 atom stereocenters. The Kier molecular flexibility index (Phi) is 7.49. The van der Waals surface area contributed by atoms with Crippen LogP contribution in [0.5, 0.6) is 0 Å². The number of amides is 1. The van der Waals surface area contributed by atoms with Gasteiger partial charge >= 0.3 is 0 Å². The lowest BCUT2D eigenvalue weighted by Crippen LogP contribution is -2.31. The van der Waals surface area contributed by atoms with Crippen molar-refractivity contribution in [2.24, 2.45) is 0 Å². The van der Waals surface area contributed by atoms with Gasteiger partial charge in [0.25, 0.3) is 0 Å². The third-order valence-corrected chi connectivity index (χ3v) is 3.80. The van der Waals surface area contributed by atoms with E-state index in [1.54, 1.807) is 18.2 Å². The number of benzene rings is 1. The number of hydrogen-bond acceptors (Lipinski definition) is 3. The maximum atomic E-state index is 11.9. The van der Waals surface area contributed by atoms with Gasteiger partial charge in [-0.25, -0.2) is 0 Å². The van der Waals surface area contributed by atoms with E-state index in [1.165, 1.54) is 0 Å². The first kappa shape index (κ1) is 17.2. The quantitative estimate of drug-likeness (QED) is 0.797. The van der Waals surface area contributed by atoms with E-state index in [1.807, 2.05) is 6.07 Å². The second-order valence-corrected chi connectivity index (χ2v) is 5.26. The molecule has 1 rings (SSSR count). The lowest BCUT2D eigenvalue weighted by atomic mass is 10.1. The molecule has 1 N–H and O–H groups in total. The molecule has 1 amide bonds. The highest BCUT2D eigenvalue weighted by molar-refractivity contribution is 5.92. The van der Waals surface area contributed by atoms with E-state index in [-0.39, 0.29) is 5.91 Å². The van der Waals surface area contributed by atoms with Gasteiger partial charge in [-0.3, -0.25) is 4.79 Å². The smallest absolute Gasteiger partial charge is 0.224 e. The summed E-state index contributed by atoms with van der Waals surface area (Å²) in [5, 5.41) is 11.8. The standard InChI is InChI=1S/C17H25N3O/c1-4-15(5-2)20(3)12-8-11-17(21)19-16-10-7-6-9-14(16)13-18/h6-7,9-10,15H,4-5,8,11-12H2,1-3H3,(H,19,21). The lowest BCUT2D eigenvalue weighted by molar-refractivity contribution is -0.116. The van der Waals surface area contributed by atoms with Crippen molar-refractivity contribution in [2.45, 2.75) is 45.6 Å². The van der Waals surface area contributed by atoms with Crippen molar-refractivity contribution in [3.8, 4) is 6.07 Å². The number of nitrogens with zero attached hydrogens (tertiary/aromatic N) is 2. The van der Waals surface area contributed by atoms with Gasteiger partial charge in [-0.1, -0.05) is 26.0 Å². The van der Waals surface area contributed by atoms with Crippen molar-refractivity contribution in [1.29, 1.82) is 5.26 Å². The minimum absolute atomic E-state index is 0.0318. The van der Waals surface area contributed by atoms with Crippen LogP contribution in [0.4, 0.5) is 5.69 Å². The fraction of sp³-hybridized carbons (Fsp3) is 0.529. The fourth-order valence-electron chi connectivity index (χ4n) is 2.49. The van der Waals surface area contributed by atoms with Gasteiger partial charge < -0.3 is 10.2 Å². The van der Waals surface area contributed by atoms with E-state index in [0.717, 1.165) is 25.8 Å². The first-order valence-corrected chi connectivity index (χ1v) is 7.61. The Labute approximate surface area is 127 Å². The number of para-hydroxylation sites is 1. The molecule has 1 aromatic rings. The molecule has 0 spiro atoms. The summed E-state index contributed by atoms with van der Waals surface area (Å²) in [5.74, 6) is -0.0318. The summed E-state index contributed by atoms with van der Waals surface area (Å²) in [6.45, 7) is 5.30. The summed E-state index contributed by atoms with van der Waals surface area (Å²) in [7, 11) is 2.11. The summed E-state index contributed by atoms with van der Waals surface area (Å²) < 4.78 is 0. The molecule has 0 aliphatic carbocycles. The Hall–Kier alpha value is -1.86. The van der Waals surface area contributed by atoms with Crippen molar-refractivity contribution >= 4 is 11.6 Å². The zero-order valence-electron chi connectivity index (χ0n) is 13.2. The van der Waals surface area contributed by atoms with Crippen molar-refractivity contribution in [3.05, 3.63) is 29.8 Å². The Morgan fingerprint density at radius 3 is 2.62 bits per heavy atom. The maximum absolute atomic E-state index is 11.9. The van der Waals surface area contributed by atoms with E-state index in [9.17, 15) is 4.79 Å². The molecule has 0 saturated heterocycles. The molecule has 0 fully saturated rings. The topological polar surface area (TPSA) is 56.1 Å². The highest BCUT2D eigenvalue weighted by Crippen LogP contribution is 2.14. The Morgan fingerprint density at radius 1 is 1.33 bits per heavy atom. The van der Waals surface area contributed by atoms with Gasteiger partial charge in [0.15, 0.2) is 0 Å². The molecule has 0 radical (unpaired) electrons. The van der Waals surface area contributed by atoms with Gasteiger partial charge in [-0.15, -0.1) is 0 Å². The minimum Gasteiger partial charge on any atom is -0.325 e. The van der Waals surface area contributed by atoms with Crippen LogP contribution in [0.1, 0.15) is 45.1 Å². The largest absolute Gasteiger partial charge is 0.325 e. The van der Waals surface area contributed by atoms with Gasteiger partial charge in [0.05, 0.1) is 11.3 Å². The van der Waals surface area contributed by atoms with E-state index >= 15 is 0 Å². The first-order valence-electron chi connectivity index (χ1n) is 7.61. The molecule has 0 unspecified atom stereocenters. The second-order valence-electron chi connectivity index (χ2n) is 5.26. The van der Waals surface area contributed by atoms with Gasteiger partial charge in [0.1, 0.15) is 6.07 Å². The average Bonchev–Trinajstić information content (AvgIpc) is 2.49. The number of carbonyl (C=O) groups is 1. The summed E-state index contributed by atoms with van der Waals surface area (Å²) >= 11 is 0. The third kappa shape index (κ3) is 5.57. The number of nitrogens with one attached hydrogen (secondary N) is 1. The zero-order chi connectivity index (χ0) is 15.7. The van der Waals surface area contributed by atoms with Gasteiger partial charge in [-0.2, -0.15) is 5.26 Å². The van der Waals surface area contributed by atoms with E-state index in [2.05, 4.69) is 37.2 Å². The summed E-state index contributed by atoms with van der Waals surface area (Å²) in [6, 6.07) is 9.74. The van der Waals surface area contributed by atoms with Gasteiger partial charge in [0, 0.05) is 12.5 Å². The van der Waals surface area contributed by atoms with Gasteiger partial charge in [0.2, 0.25) is 5.91 Å². The van der Waals surface area contributed by atoms with E-state index in [0.29, 0.717) is 23.7 Å². The van der Waals surface area contributed by atoms with Crippen LogP contribution >= 0.6 is 0 Å². The van der Waals surface area contributed by atoms with E-state index < -0.39 is 0 Å². The average molecular weight is 287 g/mol. The number of anilines is 1. The van der Waals surface area contributed by atoms with Crippen molar-refractivity contribution < 1.29 is 4.79 Å². The fourth-order valence-corrected chi connectivity index (χ4v) is 2.49. The maximum Gasteiger partial charge on any atom is 0.224 e. The summed E-state index contributed by atoms with van der Waals surface area (Å²) in [6.07, 6.45) is 3.57. The summed E-state index contributed by atoms with van der Waals surface area (Å²) in [4.78, 5) is 14.2. The lowest BCUT2D eigenvalue weighted by Gasteiger charge is -2.25. The van der Waals surface area contributed by atoms with Gasteiger partial charge in [-0.05, 0) is 45.0 Å². The minimum atomic E-state index is -0.0318. The number of carbonyl (C=O) groups excluding carboxylic acids is 1. The Morgan fingerprint density at radius 2 is 2.00 bits per heavy atom. The van der Waals surface area contributed by atoms with Crippen LogP contribution in [-0.4, -0.2) is 30.4 Å². The predicted molar refractivity (Wildman–Crippen MR) is 86.0 cm³/mol. The highest BCUT2D eigenvalue weighted by atomic mass is 16.1. The molecule has 1 aromatic carbocycles. The van der Waals surface area contributed by atoms with E-state index in [4.69, 9.17) is 5.26 Å². The molecular formula is C17H25N3O. The number of rotatable bonds is 8. The normalized spacial score (nSPS) is 10.7. The molecule has 114 valence electrons. The number of hydrogen-bond donors (Lipinski definition) is 1. The highest BCUT2D eigenvalue weighted by Gasteiger charge is 2.11. The van der Waals surface area contributed by atoms with Crippen LogP contribution in [0.3, 0.4) is 0 Å². The molecule has 0 heterocycles. The summed E-state index contributed by atoms with van der Waals surface area (Å²) in [5.41, 5.74) is 1.10. The van der Waals surface area contributed by atoms with Crippen molar-refractivity contribution in [1.82, 2.24) is 4.90 Å². The predicted octanol–water partition coefficient (Wildman–Crippen LogP) is 3.40. The molecule has 4 heteroatoms. The monoisotopic (exact) mass is 287 g/mol. The molecule has 0 saturated carbocycles. The molecular weight excluding hydrogens is 262 g/mol. The van der Waals surface area contributed by atoms with Crippen LogP contribution in [0.25, 0.3) is 0 Å². The molecule has 21 heavy (non-hydrogen) atoms. The SMILES string of the molecule is CCC(CC)N(C)CCCC(=O)Nc1ccccc1C#N. The molecule has 4 nitrogen and oxygen atoms in total.